The lowest BCUT2D eigenvalue weighted by atomic mass is 10.1. The van der Waals surface area contributed by atoms with E-state index in [1.807, 2.05) is 25.1 Å². The average Bonchev–Trinajstić information content (AvgIpc) is 2.30. The van der Waals surface area contributed by atoms with Gasteiger partial charge in [0, 0.05) is 0 Å². The lowest BCUT2D eigenvalue weighted by Gasteiger charge is -1.99. The molecule has 0 amide bonds. The molecule has 78 valence electrons. The first kappa shape index (κ1) is 11.5. The van der Waals surface area contributed by atoms with Crippen LogP contribution in [0, 0.1) is 0 Å². The largest absolute Gasteiger partial charge is 0.0877 e. The Bertz CT molecular complexity index is 353. The molecule has 0 aliphatic heterocycles. The summed E-state index contributed by atoms with van der Waals surface area (Å²) in [6, 6.07) is 10.5. The van der Waals surface area contributed by atoms with Gasteiger partial charge in [0.25, 0.3) is 0 Å². The molecule has 1 aromatic carbocycles. The van der Waals surface area contributed by atoms with Crippen LogP contribution >= 0.6 is 0 Å². The standard InChI is InChI=1S/C15H18/c1-3-4-5-6-8-11-14(2)15-12-9-7-10-13-15/h3-7,9-13H,8H2,1-2H3/b4-3-,6-5-,14-11+. The summed E-state index contributed by atoms with van der Waals surface area (Å²) in [5.41, 5.74) is 2.64. The molecule has 0 heteroatoms. The van der Waals surface area contributed by atoms with Crippen molar-refractivity contribution in [2.45, 2.75) is 20.3 Å². The first-order valence-corrected chi connectivity index (χ1v) is 5.34. The summed E-state index contributed by atoms with van der Waals surface area (Å²) in [5.74, 6) is 0. The molecule has 0 saturated heterocycles. The molecule has 0 heterocycles. The van der Waals surface area contributed by atoms with E-state index in [9.17, 15) is 0 Å². The van der Waals surface area contributed by atoms with Gasteiger partial charge in [0.2, 0.25) is 0 Å². The topological polar surface area (TPSA) is 0 Å². The Labute approximate surface area is 92.6 Å². The van der Waals surface area contributed by atoms with Gasteiger partial charge in [0.1, 0.15) is 0 Å². The maximum absolute atomic E-state index is 2.25. The van der Waals surface area contributed by atoms with Crippen LogP contribution < -0.4 is 0 Å². The second-order valence-corrected chi connectivity index (χ2v) is 3.44. The zero-order chi connectivity index (χ0) is 10.9. The minimum absolute atomic E-state index is 0.991. The van der Waals surface area contributed by atoms with Crippen LogP contribution in [0.5, 0.6) is 0 Å². The Morgan fingerprint density at radius 3 is 2.53 bits per heavy atom. The van der Waals surface area contributed by atoms with Crippen LogP contribution in [0.15, 0.2) is 60.7 Å². The highest BCUT2D eigenvalue weighted by atomic mass is 14.0. The molecular weight excluding hydrogens is 180 g/mol. The Balaban J connectivity index is 2.54. The van der Waals surface area contributed by atoms with E-state index in [1.54, 1.807) is 0 Å². The van der Waals surface area contributed by atoms with Gasteiger partial charge >= 0.3 is 0 Å². The van der Waals surface area contributed by atoms with Crippen LogP contribution in [-0.2, 0) is 0 Å². The third-order valence-electron chi connectivity index (χ3n) is 2.23. The molecule has 0 saturated carbocycles. The molecule has 0 spiro atoms. The summed E-state index contributed by atoms with van der Waals surface area (Å²) < 4.78 is 0. The third kappa shape index (κ3) is 4.46. The lowest BCUT2D eigenvalue weighted by molar-refractivity contribution is 1.38. The summed E-state index contributed by atoms with van der Waals surface area (Å²) in [7, 11) is 0. The van der Waals surface area contributed by atoms with Crippen LogP contribution in [0.4, 0.5) is 0 Å². The number of benzene rings is 1. The maximum atomic E-state index is 2.25. The predicted molar refractivity (Wildman–Crippen MR) is 68.7 cm³/mol. The third-order valence-corrected chi connectivity index (χ3v) is 2.23. The quantitative estimate of drug-likeness (QED) is 0.620. The fourth-order valence-electron chi connectivity index (χ4n) is 1.33. The second kappa shape index (κ2) is 6.83. The Morgan fingerprint density at radius 1 is 1.13 bits per heavy atom. The summed E-state index contributed by atoms with van der Waals surface area (Å²) in [4.78, 5) is 0. The first-order valence-electron chi connectivity index (χ1n) is 5.34. The van der Waals surface area contributed by atoms with Gasteiger partial charge in [0.05, 0.1) is 0 Å². The number of hydrogen-bond donors (Lipinski definition) is 0. The number of hydrogen-bond acceptors (Lipinski definition) is 0. The van der Waals surface area contributed by atoms with Crippen LogP contribution in [0.1, 0.15) is 25.8 Å². The van der Waals surface area contributed by atoms with Gasteiger partial charge in [-0.1, -0.05) is 60.7 Å². The van der Waals surface area contributed by atoms with Crippen LogP contribution in [0.3, 0.4) is 0 Å². The highest BCUT2D eigenvalue weighted by Gasteiger charge is 1.90. The SMILES string of the molecule is C/C=C\C=C/C/C=C(\C)c1ccccc1. The maximum Gasteiger partial charge on any atom is -0.0160 e. The smallest absolute Gasteiger partial charge is 0.0160 e. The summed E-state index contributed by atoms with van der Waals surface area (Å²) in [6.45, 7) is 4.17. The summed E-state index contributed by atoms with van der Waals surface area (Å²) in [5, 5.41) is 0. The highest BCUT2D eigenvalue weighted by Crippen LogP contribution is 2.13. The van der Waals surface area contributed by atoms with Gasteiger partial charge in [-0.15, -0.1) is 0 Å². The molecule has 0 fully saturated rings. The van der Waals surface area contributed by atoms with E-state index in [4.69, 9.17) is 0 Å². The van der Waals surface area contributed by atoms with Gasteiger partial charge in [-0.2, -0.15) is 0 Å². The van der Waals surface area contributed by atoms with E-state index in [2.05, 4.69) is 49.4 Å². The van der Waals surface area contributed by atoms with Crippen molar-refractivity contribution in [2.24, 2.45) is 0 Å². The van der Waals surface area contributed by atoms with E-state index in [0.717, 1.165) is 6.42 Å². The zero-order valence-corrected chi connectivity index (χ0v) is 9.48. The van der Waals surface area contributed by atoms with Crippen molar-refractivity contribution < 1.29 is 0 Å². The zero-order valence-electron chi connectivity index (χ0n) is 9.48. The summed E-state index contributed by atoms with van der Waals surface area (Å²) >= 11 is 0. The fourth-order valence-corrected chi connectivity index (χ4v) is 1.33. The molecule has 0 atom stereocenters. The van der Waals surface area contributed by atoms with Gasteiger partial charge < -0.3 is 0 Å². The normalized spacial score (nSPS) is 12.8. The predicted octanol–water partition coefficient (Wildman–Crippen LogP) is 4.61. The van der Waals surface area contributed by atoms with E-state index >= 15 is 0 Å². The fraction of sp³-hybridized carbons (Fsp3) is 0.200. The molecule has 0 aromatic heterocycles. The first-order chi connectivity index (χ1) is 7.34. The van der Waals surface area contributed by atoms with E-state index in [0.29, 0.717) is 0 Å². The summed E-state index contributed by atoms with van der Waals surface area (Å²) in [6.07, 6.45) is 11.6. The number of rotatable bonds is 4. The minimum Gasteiger partial charge on any atom is -0.0877 e. The second-order valence-electron chi connectivity index (χ2n) is 3.44. The Kier molecular flexibility index (Phi) is 5.24. The van der Waals surface area contributed by atoms with Crippen molar-refractivity contribution in [3.63, 3.8) is 0 Å². The molecular formula is C15H18. The molecule has 0 radical (unpaired) electrons. The monoisotopic (exact) mass is 198 g/mol. The van der Waals surface area contributed by atoms with Gasteiger partial charge in [-0.05, 0) is 31.4 Å². The highest BCUT2D eigenvalue weighted by molar-refractivity contribution is 5.63. The van der Waals surface area contributed by atoms with Crippen molar-refractivity contribution in [3.05, 3.63) is 66.3 Å². The van der Waals surface area contributed by atoms with Crippen LogP contribution in [-0.4, -0.2) is 0 Å². The van der Waals surface area contributed by atoms with Crippen LogP contribution in [0.2, 0.25) is 0 Å². The Hall–Kier alpha value is -1.56. The number of allylic oxidation sites excluding steroid dienone is 6. The van der Waals surface area contributed by atoms with Gasteiger partial charge in [0.15, 0.2) is 0 Å². The lowest BCUT2D eigenvalue weighted by Crippen LogP contribution is -1.77. The van der Waals surface area contributed by atoms with Crippen LogP contribution in [0.25, 0.3) is 5.57 Å². The van der Waals surface area contributed by atoms with Crippen molar-refractivity contribution in [2.75, 3.05) is 0 Å². The van der Waals surface area contributed by atoms with E-state index in [-0.39, 0.29) is 0 Å². The van der Waals surface area contributed by atoms with E-state index < -0.39 is 0 Å². The molecule has 0 unspecified atom stereocenters. The molecule has 15 heavy (non-hydrogen) atoms. The molecule has 1 rings (SSSR count). The van der Waals surface area contributed by atoms with E-state index in [1.165, 1.54) is 11.1 Å². The van der Waals surface area contributed by atoms with Crippen molar-refractivity contribution in [3.8, 4) is 0 Å². The molecule has 0 aliphatic rings. The van der Waals surface area contributed by atoms with Crippen molar-refractivity contribution in [1.82, 2.24) is 0 Å². The van der Waals surface area contributed by atoms with Gasteiger partial charge in [-0.25, -0.2) is 0 Å². The molecule has 0 nitrogen and oxygen atoms in total. The molecule has 0 N–H and O–H groups in total. The molecule has 0 bridgehead atoms. The Morgan fingerprint density at radius 2 is 1.87 bits per heavy atom. The van der Waals surface area contributed by atoms with Crippen molar-refractivity contribution in [1.29, 1.82) is 0 Å². The molecule has 0 aliphatic carbocycles. The average molecular weight is 198 g/mol. The van der Waals surface area contributed by atoms with Gasteiger partial charge in [-0.3, -0.25) is 0 Å². The minimum atomic E-state index is 0.991. The van der Waals surface area contributed by atoms with Crippen molar-refractivity contribution >= 4 is 5.57 Å². The molecule has 1 aromatic rings.